The molecular formula is C20H18N2. The highest BCUT2D eigenvalue weighted by molar-refractivity contribution is 5.70. The van der Waals surface area contributed by atoms with E-state index in [0.29, 0.717) is 0 Å². The van der Waals surface area contributed by atoms with Gasteiger partial charge in [-0.1, -0.05) is 36.4 Å². The second-order valence-corrected chi connectivity index (χ2v) is 5.78. The van der Waals surface area contributed by atoms with Gasteiger partial charge in [0.15, 0.2) is 0 Å². The van der Waals surface area contributed by atoms with E-state index >= 15 is 0 Å². The van der Waals surface area contributed by atoms with Crippen molar-refractivity contribution < 1.29 is 0 Å². The molecule has 108 valence electrons. The molecule has 0 saturated carbocycles. The van der Waals surface area contributed by atoms with Crippen molar-refractivity contribution in [1.82, 2.24) is 9.97 Å². The first-order chi connectivity index (χ1) is 10.9. The largest absolute Gasteiger partial charge is 0.255 e. The zero-order chi connectivity index (χ0) is 14.8. The monoisotopic (exact) mass is 286 g/mol. The SMILES string of the molecule is c1ccc(-c2ccc3c(n2)-c2ccccc2CCCC3)nc1. The Morgan fingerprint density at radius 3 is 2.36 bits per heavy atom. The molecule has 1 aliphatic carbocycles. The summed E-state index contributed by atoms with van der Waals surface area (Å²) >= 11 is 0. The Labute approximate surface area is 130 Å². The Kier molecular flexibility index (Phi) is 3.43. The molecule has 1 aliphatic rings. The van der Waals surface area contributed by atoms with Crippen LogP contribution in [0.4, 0.5) is 0 Å². The smallest absolute Gasteiger partial charge is 0.0893 e. The summed E-state index contributed by atoms with van der Waals surface area (Å²) in [5.41, 5.74) is 7.08. The van der Waals surface area contributed by atoms with E-state index in [0.717, 1.165) is 29.9 Å². The van der Waals surface area contributed by atoms with Crippen LogP contribution in [0.15, 0.2) is 60.8 Å². The normalized spacial score (nSPS) is 13.6. The number of hydrogen-bond acceptors (Lipinski definition) is 2. The molecule has 4 rings (SSSR count). The summed E-state index contributed by atoms with van der Waals surface area (Å²) in [4.78, 5) is 9.40. The van der Waals surface area contributed by atoms with Gasteiger partial charge in [0.1, 0.15) is 0 Å². The summed E-state index contributed by atoms with van der Waals surface area (Å²) in [6.45, 7) is 0. The number of benzene rings is 1. The molecular weight excluding hydrogens is 268 g/mol. The van der Waals surface area contributed by atoms with Crippen LogP contribution in [-0.4, -0.2) is 9.97 Å². The highest BCUT2D eigenvalue weighted by atomic mass is 14.8. The number of pyridine rings is 2. The van der Waals surface area contributed by atoms with Gasteiger partial charge in [-0.25, -0.2) is 4.98 Å². The summed E-state index contributed by atoms with van der Waals surface area (Å²) in [7, 11) is 0. The summed E-state index contributed by atoms with van der Waals surface area (Å²) in [5.74, 6) is 0. The van der Waals surface area contributed by atoms with Gasteiger partial charge >= 0.3 is 0 Å². The van der Waals surface area contributed by atoms with Crippen LogP contribution in [0.25, 0.3) is 22.6 Å². The van der Waals surface area contributed by atoms with Crippen molar-refractivity contribution in [3.8, 4) is 22.6 Å². The minimum absolute atomic E-state index is 0.935. The number of nitrogens with zero attached hydrogens (tertiary/aromatic N) is 2. The molecule has 0 fully saturated rings. The van der Waals surface area contributed by atoms with E-state index in [1.54, 1.807) is 0 Å². The van der Waals surface area contributed by atoms with Crippen LogP contribution < -0.4 is 0 Å². The van der Waals surface area contributed by atoms with Crippen LogP contribution in [-0.2, 0) is 12.8 Å². The molecule has 22 heavy (non-hydrogen) atoms. The zero-order valence-electron chi connectivity index (χ0n) is 12.5. The highest BCUT2D eigenvalue weighted by Gasteiger charge is 2.15. The van der Waals surface area contributed by atoms with Crippen LogP contribution in [0.2, 0.25) is 0 Å². The number of hydrogen-bond donors (Lipinski definition) is 0. The van der Waals surface area contributed by atoms with Gasteiger partial charge in [0.2, 0.25) is 0 Å². The van der Waals surface area contributed by atoms with E-state index in [-0.39, 0.29) is 0 Å². The molecule has 0 saturated heterocycles. The molecule has 2 heterocycles. The van der Waals surface area contributed by atoms with Crippen LogP contribution in [0.1, 0.15) is 24.0 Å². The Balaban J connectivity index is 1.90. The average Bonchev–Trinajstić information content (AvgIpc) is 2.58. The van der Waals surface area contributed by atoms with Crippen molar-refractivity contribution in [2.45, 2.75) is 25.7 Å². The maximum Gasteiger partial charge on any atom is 0.0893 e. The van der Waals surface area contributed by atoms with E-state index in [9.17, 15) is 0 Å². The minimum Gasteiger partial charge on any atom is -0.255 e. The third-order valence-corrected chi connectivity index (χ3v) is 4.32. The van der Waals surface area contributed by atoms with Crippen molar-refractivity contribution in [2.75, 3.05) is 0 Å². The molecule has 2 heteroatoms. The first-order valence-corrected chi connectivity index (χ1v) is 7.91. The molecule has 2 aromatic heterocycles. The average molecular weight is 286 g/mol. The molecule has 1 aromatic carbocycles. The van der Waals surface area contributed by atoms with Gasteiger partial charge in [-0.3, -0.25) is 4.98 Å². The Bertz CT molecular complexity index is 794. The van der Waals surface area contributed by atoms with E-state index in [4.69, 9.17) is 4.98 Å². The lowest BCUT2D eigenvalue weighted by molar-refractivity contribution is 0.727. The van der Waals surface area contributed by atoms with E-state index in [1.807, 2.05) is 24.4 Å². The van der Waals surface area contributed by atoms with Crippen molar-refractivity contribution in [3.05, 3.63) is 71.9 Å². The lowest BCUT2D eigenvalue weighted by atomic mass is 9.91. The first-order valence-electron chi connectivity index (χ1n) is 7.91. The fourth-order valence-electron chi connectivity index (χ4n) is 3.18. The predicted octanol–water partition coefficient (Wildman–Crippen LogP) is 4.69. The van der Waals surface area contributed by atoms with E-state index < -0.39 is 0 Å². The van der Waals surface area contributed by atoms with E-state index in [1.165, 1.54) is 29.5 Å². The molecule has 0 bridgehead atoms. The minimum atomic E-state index is 0.935. The van der Waals surface area contributed by atoms with Gasteiger partial charge in [-0.05, 0) is 55.0 Å². The maximum absolute atomic E-state index is 4.96. The number of rotatable bonds is 1. The van der Waals surface area contributed by atoms with Crippen LogP contribution in [0, 0.1) is 0 Å². The fourth-order valence-corrected chi connectivity index (χ4v) is 3.18. The van der Waals surface area contributed by atoms with Crippen LogP contribution in [0.3, 0.4) is 0 Å². The molecule has 0 spiro atoms. The first kappa shape index (κ1) is 13.2. The van der Waals surface area contributed by atoms with Crippen molar-refractivity contribution in [3.63, 3.8) is 0 Å². The lowest BCUT2D eigenvalue weighted by Gasteiger charge is -2.17. The Morgan fingerprint density at radius 1 is 0.682 bits per heavy atom. The molecule has 3 aromatic rings. The number of aryl methyl sites for hydroxylation is 2. The molecule has 0 radical (unpaired) electrons. The molecule has 0 atom stereocenters. The van der Waals surface area contributed by atoms with Gasteiger partial charge in [0, 0.05) is 11.8 Å². The predicted molar refractivity (Wildman–Crippen MR) is 89.5 cm³/mol. The highest BCUT2D eigenvalue weighted by Crippen LogP contribution is 2.31. The van der Waals surface area contributed by atoms with Gasteiger partial charge < -0.3 is 0 Å². The van der Waals surface area contributed by atoms with E-state index in [2.05, 4.69) is 41.4 Å². The van der Waals surface area contributed by atoms with Crippen LogP contribution >= 0.6 is 0 Å². The van der Waals surface area contributed by atoms with Gasteiger partial charge in [0.05, 0.1) is 17.1 Å². The molecule has 0 amide bonds. The van der Waals surface area contributed by atoms with Crippen molar-refractivity contribution in [2.24, 2.45) is 0 Å². The molecule has 0 unspecified atom stereocenters. The second kappa shape index (κ2) is 5.72. The summed E-state index contributed by atoms with van der Waals surface area (Å²) in [6.07, 6.45) is 6.55. The standard InChI is InChI=1S/C20H18N2/c1-2-9-16-12-13-19(18-11-5-6-14-21-18)22-20(16)17-10-4-3-8-15(17)7-1/h3-6,8,10-14H,1-2,7,9H2. The topological polar surface area (TPSA) is 25.8 Å². The Hall–Kier alpha value is -2.48. The van der Waals surface area contributed by atoms with Gasteiger partial charge in [-0.2, -0.15) is 0 Å². The van der Waals surface area contributed by atoms with Crippen LogP contribution in [0.5, 0.6) is 0 Å². The summed E-state index contributed by atoms with van der Waals surface area (Å²) in [5, 5.41) is 0. The van der Waals surface area contributed by atoms with Crippen molar-refractivity contribution in [1.29, 1.82) is 0 Å². The van der Waals surface area contributed by atoms with Gasteiger partial charge in [-0.15, -0.1) is 0 Å². The summed E-state index contributed by atoms with van der Waals surface area (Å²) < 4.78 is 0. The zero-order valence-corrected chi connectivity index (χ0v) is 12.5. The maximum atomic E-state index is 4.96. The Morgan fingerprint density at radius 2 is 1.50 bits per heavy atom. The lowest BCUT2D eigenvalue weighted by Crippen LogP contribution is -2.03. The molecule has 0 aliphatic heterocycles. The molecule has 2 nitrogen and oxygen atoms in total. The number of fused-ring (bicyclic) bond motifs is 3. The molecule has 0 N–H and O–H groups in total. The number of aromatic nitrogens is 2. The van der Waals surface area contributed by atoms with Crippen molar-refractivity contribution >= 4 is 0 Å². The summed E-state index contributed by atoms with van der Waals surface area (Å²) in [6, 6.07) is 19.0. The van der Waals surface area contributed by atoms with Gasteiger partial charge in [0.25, 0.3) is 0 Å². The quantitative estimate of drug-likeness (QED) is 0.648. The fraction of sp³-hybridized carbons (Fsp3) is 0.200. The third kappa shape index (κ3) is 2.41. The second-order valence-electron chi connectivity index (χ2n) is 5.78. The third-order valence-electron chi connectivity index (χ3n) is 4.32.